The van der Waals surface area contributed by atoms with Crippen LogP contribution in [-0.2, 0) is 32.3 Å². The van der Waals surface area contributed by atoms with Crippen LogP contribution in [0.4, 0.5) is 0 Å². The average molecular weight is 617 g/mol. The lowest BCUT2D eigenvalue weighted by atomic mass is 9.70. The predicted molar refractivity (Wildman–Crippen MR) is 163 cm³/mol. The molecular weight excluding hydrogens is 584 g/mol. The number of imide groups is 2. The van der Waals surface area contributed by atoms with Crippen molar-refractivity contribution in [3.05, 3.63) is 94.1 Å². The Bertz CT molecular complexity index is 1690. The average Bonchev–Trinajstić information content (AvgIpc) is 3.82. The van der Waals surface area contributed by atoms with Crippen LogP contribution < -0.4 is 10.6 Å². The van der Waals surface area contributed by atoms with E-state index in [4.69, 9.17) is 0 Å². The van der Waals surface area contributed by atoms with Crippen LogP contribution in [-0.4, -0.2) is 70.2 Å². The zero-order valence-electron chi connectivity index (χ0n) is 25.0. The molecule has 4 fully saturated rings. The number of hydrogen-bond donors (Lipinski definition) is 2. The van der Waals surface area contributed by atoms with E-state index in [0.717, 1.165) is 22.3 Å². The number of benzene rings is 2. The van der Waals surface area contributed by atoms with E-state index in [0.29, 0.717) is 37.1 Å². The fourth-order valence-electron chi connectivity index (χ4n) is 9.25. The molecular formula is C36H32N4O6. The third-order valence-electron chi connectivity index (χ3n) is 11.5. The summed E-state index contributed by atoms with van der Waals surface area (Å²) < 4.78 is 0. The maximum absolute atomic E-state index is 13.9. The second kappa shape index (κ2) is 9.98. The van der Waals surface area contributed by atoms with Crippen LogP contribution in [0.25, 0.3) is 0 Å². The topological polar surface area (TPSA) is 133 Å². The van der Waals surface area contributed by atoms with Crippen LogP contribution >= 0.6 is 0 Å². The number of Topliss-reactive ketones (excluding diaryl/α,β-unsaturated/α-hetero) is 2. The molecule has 10 aliphatic rings. The zero-order chi connectivity index (χ0) is 31.4. The molecule has 4 saturated heterocycles. The van der Waals surface area contributed by atoms with E-state index in [-0.39, 0.29) is 48.3 Å². The molecule has 8 bridgehead atoms. The summed E-state index contributed by atoms with van der Waals surface area (Å²) in [4.78, 5) is 85.5. The minimum atomic E-state index is -0.660. The van der Waals surface area contributed by atoms with Crippen LogP contribution in [0.1, 0.15) is 44.7 Å². The first-order chi connectivity index (χ1) is 22.3. The van der Waals surface area contributed by atoms with E-state index < -0.39 is 47.6 Å². The van der Waals surface area contributed by atoms with E-state index in [1.165, 1.54) is 9.80 Å². The Kier molecular flexibility index (Phi) is 6.02. The Morgan fingerprint density at radius 2 is 0.891 bits per heavy atom. The Morgan fingerprint density at radius 1 is 0.500 bits per heavy atom. The van der Waals surface area contributed by atoms with Crippen LogP contribution in [0.15, 0.2) is 71.8 Å². The van der Waals surface area contributed by atoms with Gasteiger partial charge in [-0.2, -0.15) is 0 Å². The summed E-state index contributed by atoms with van der Waals surface area (Å²) in [5.41, 5.74) is 4.33. The number of nitrogens with one attached hydrogen (secondary N) is 2. The highest BCUT2D eigenvalue weighted by atomic mass is 16.2. The van der Waals surface area contributed by atoms with Gasteiger partial charge in [0.2, 0.25) is 23.6 Å². The highest BCUT2D eigenvalue weighted by molar-refractivity contribution is 6.09. The third-order valence-corrected chi connectivity index (χ3v) is 11.5. The Morgan fingerprint density at radius 3 is 1.28 bits per heavy atom. The van der Waals surface area contributed by atoms with Crippen molar-refractivity contribution in [3.63, 3.8) is 0 Å². The van der Waals surface area contributed by atoms with Gasteiger partial charge in [-0.15, -0.1) is 0 Å². The van der Waals surface area contributed by atoms with Gasteiger partial charge in [-0.3, -0.25) is 38.6 Å². The molecule has 2 aromatic carbocycles. The van der Waals surface area contributed by atoms with Gasteiger partial charge >= 0.3 is 0 Å². The summed E-state index contributed by atoms with van der Waals surface area (Å²) >= 11 is 0. The molecule has 232 valence electrons. The fraction of sp³-hybridized carbons (Fsp3) is 0.389. The van der Waals surface area contributed by atoms with Crippen LogP contribution in [0.5, 0.6) is 0 Å². The first-order valence-corrected chi connectivity index (χ1v) is 16.1. The molecule has 12 rings (SSSR count). The standard InChI is InChI=1S/C36H32N4O6/c41-31-19-5-7-20(8-6-19)32(42)30-26-22(14-38-30)10-12-24-28(26)36(46)40(34(24)44)16-18-2-1-17(3-4-18)15-39-33(43)23-11-9-21-13-37-29(31)25(21)27(23)35(39)45/h1-10,23-30,37-38H,11-16H2/t23-,24-,25+,26+,27-,28-,29?,30?/m1/s1. The maximum Gasteiger partial charge on any atom is 0.234 e. The van der Waals surface area contributed by atoms with Gasteiger partial charge in [0.15, 0.2) is 11.6 Å². The normalized spacial score (nSPS) is 34.7. The van der Waals surface area contributed by atoms with Gasteiger partial charge in [-0.05, 0) is 24.0 Å². The SMILES string of the molecule is O=C1c2ccc(cc2)C(=O)C2NCC3=CC[C@H]4C(=O)N(Cc5ccc(cc5)CN5C(=O)[C@H]6[C@@H]7C(=CC[C@H]6C5=O)CNC17)C(=O)[C@H]4[C@H]32. The van der Waals surface area contributed by atoms with E-state index in [9.17, 15) is 28.8 Å². The monoisotopic (exact) mass is 616 g/mol. The van der Waals surface area contributed by atoms with Crippen molar-refractivity contribution in [1.29, 1.82) is 0 Å². The Labute approximate surface area is 264 Å². The number of nitrogens with zero attached hydrogens (tertiary/aromatic N) is 2. The number of rotatable bonds is 0. The molecule has 10 heteroatoms. The summed E-state index contributed by atoms with van der Waals surface area (Å²) in [6.07, 6.45) is 4.95. The lowest BCUT2D eigenvalue weighted by molar-refractivity contribution is -0.142. The highest BCUT2D eigenvalue weighted by Gasteiger charge is 2.58. The fourth-order valence-corrected chi connectivity index (χ4v) is 9.25. The van der Waals surface area contributed by atoms with Gasteiger partial charge in [0.1, 0.15) is 0 Å². The van der Waals surface area contributed by atoms with Gasteiger partial charge < -0.3 is 10.6 Å². The van der Waals surface area contributed by atoms with Crippen molar-refractivity contribution in [2.24, 2.45) is 35.5 Å². The van der Waals surface area contributed by atoms with Gasteiger partial charge in [0.05, 0.1) is 48.8 Å². The molecule has 2 unspecified atom stereocenters. The molecule has 4 amide bonds. The molecule has 8 atom stereocenters. The van der Waals surface area contributed by atoms with Crippen LogP contribution in [0.2, 0.25) is 0 Å². The second-order valence-electron chi connectivity index (χ2n) is 13.7. The van der Waals surface area contributed by atoms with Crippen LogP contribution in [0, 0.1) is 35.5 Å². The molecule has 2 aliphatic carbocycles. The number of carbonyl (C=O) groups is 6. The van der Waals surface area contributed by atoms with E-state index in [2.05, 4.69) is 10.6 Å². The number of hydrogen-bond acceptors (Lipinski definition) is 8. The minimum Gasteiger partial charge on any atom is -0.303 e. The van der Waals surface area contributed by atoms with Crippen LogP contribution in [0.3, 0.4) is 0 Å². The van der Waals surface area contributed by atoms with Crippen molar-refractivity contribution in [2.45, 2.75) is 38.0 Å². The largest absolute Gasteiger partial charge is 0.303 e. The smallest absolute Gasteiger partial charge is 0.234 e. The number of carbonyl (C=O) groups excluding carboxylic acids is 6. The first-order valence-electron chi connectivity index (χ1n) is 16.1. The molecule has 2 aromatic rings. The predicted octanol–water partition coefficient (Wildman–Crippen LogP) is 1.80. The van der Waals surface area contributed by atoms with Crippen molar-refractivity contribution in [3.8, 4) is 0 Å². The van der Waals surface area contributed by atoms with Gasteiger partial charge in [0.25, 0.3) is 0 Å². The summed E-state index contributed by atoms with van der Waals surface area (Å²) in [5.74, 6) is -4.45. The summed E-state index contributed by atoms with van der Waals surface area (Å²) in [6, 6.07) is 12.6. The highest BCUT2D eigenvalue weighted by Crippen LogP contribution is 2.48. The molecule has 0 spiro atoms. The van der Waals surface area contributed by atoms with Crippen molar-refractivity contribution >= 4 is 35.2 Å². The molecule has 10 nitrogen and oxygen atoms in total. The molecule has 2 N–H and O–H groups in total. The number of allylic oxidation sites excluding steroid dienone is 2. The Hall–Kier alpha value is -4.54. The lowest BCUT2D eigenvalue weighted by Gasteiger charge is -2.30. The van der Waals surface area contributed by atoms with Crippen molar-refractivity contribution in [2.75, 3.05) is 13.1 Å². The van der Waals surface area contributed by atoms with E-state index in [1.807, 2.05) is 36.4 Å². The lowest BCUT2D eigenvalue weighted by Crippen LogP contribution is -2.43. The van der Waals surface area contributed by atoms with E-state index in [1.54, 1.807) is 24.3 Å². The number of amides is 4. The zero-order valence-corrected chi connectivity index (χ0v) is 25.0. The van der Waals surface area contributed by atoms with Gasteiger partial charge in [-0.1, -0.05) is 71.8 Å². The number of ketones is 2. The molecule has 8 heterocycles. The third kappa shape index (κ3) is 3.83. The Balaban J connectivity index is 1.12. The summed E-state index contributed by atoms with van der Waals surface area (Å²) in [7, 11) is 0. The molecule has 8 aliphatic heterocycles. The first kappa shape index (κ1) is 27.7. The molecule has 0 radical (unpaired) electrons. The summed E-state index contributed by atoms with van der Waals surface area (Å²) in [5, 5.41) is 6.63. The van der Waals surface area contributed by atoms with E-state index >= 15 is 0 Å². The van der Waals surface area contributed by atoms with Crippen molar-refractivity contribution in [1.82, 2.24) is 20.4 Å². The quantitative estimate of drug-likeness (QED) is 0.339. The van der Waals surface area contributed by atoms with Crippen molar-refractivity contribution < 1.29 is 28.8 Å². The summed E-state index contributed by atoms with van der Waals surface area (Å²) in [6.45, 7) is 1.19. The molecule has 0 aromatic heterocycles. The molecule has 0 saturated carbocycles. The molecule has 46 heavy (non-hydrogen) atoms. The maximum atomic E-state index is 13.9. The van der Waals surface area contributed by atoms with Gasteiger partial charge in [-0.25, -0.2) is 0 Å². The minimum absolute atomic E-state index is 0.116. The second-order valence-corrected chi connectivity index (χ2v) is 13.7. The van der Waals surface area contributed by atoms with Gasteiger partial charge in [0, 0.05) is 36.1 Å².